The van der Waals surface area contributed by atoms with Crippen molar-refractivity contribution in [2.45, 2.75) is 44.7 Å². The van der Waals surface area contributed by atoms with Crippen LogP contribution in [0, 0.1) is 25.7 Å². The Kier molecular flexibility index (Phi) is 7.47. The maximum absolute atomic E-state index is 14.5. The summed E-state index contributed by atoms with van der Waals surface area (Å²) in [7, 11) is 0. The number of furan rings is 1. The third-order valence-electron chi connectivity index (χ3n) is 8.35. The molecule has 0 spiro atoms. The van der Waals surface area contributed by atoms with Crippen LogP contribution in [-0.2, 0) is 9.59 Å². The first-order chi connectivity index (χ1) is 19.4. The molecule has 4 unspecified atom stereocenters. The second-order valence-electron chi connectivity index (χ2n) is 11.1. The van der Waals surface area contributed by atoms with Crippen LogP contribution in [0.3, 0.4) is 0 Å². The average Bonchev–Trinajstić information content (AvgIpc) is 3.46. The average molecular weight is 558 g/mol. The number of ketones is 1. The van der Waals surface area contributed by atoms with E-state index in [0.717, 1.165) is 28.8 Å². The van der Waals surface area contributed by atoms with Crippen LogP contribution in [0.5, 0.6) is 0 Å². The van der Waals surface area contributed by atoms with Crippen molar-refractivity contribution in [3.05, 3.63) is 87.5 Å². The Morgan fingerprint density at radius 3 is 2.35 bits per heavy atom. The molecule has 0 bridgehead atoms. The lowest BCUT2D eigenvalue weighted by Crippen LogP contribution is -2.55. The van der Waals surface area contributed by atoms with Crippen molar-refractivity contribution in [2.75, 3.05) is 26.2 Å². The van der Waals surface area contributed by atoms with E-state index in [0.29, 0.717) is 31.9 Å². The summed E-state index contributed by atoms with van der Waals surface area (Å²) in [6.45, 7) is 6.43. The number of benzene rings is 1. The van der Waals surface area contributed by atoms with Gasteiger partial charge in [0.2, 0.25) is 17.6 Å². The van der Waals surface area contributed by atoms with Gasteiger partial charge in [0.1, 0.15) is 11.8 Å². The van der Waals surface area contributed by atoms with E-state index < -0.39 is 23.9 Å². The molecule has 1 aliphatic carbocycles. The largest absolute Gasteiger partial charge is 0.458 e. The van der Waals surface area contributed by atoms with Crippen molar-refractivity contribution in [3.63, 3.8) is 0 Å². The number of nitrogens with zero attached hydrogens (tertiary/aromatic N) is 2. The first kappa shape index (κ1) is 26.7. The lowest BCUT2D eigenvalue weighted by molar-refractivity contribution is -0.146. The Bertz CT molecular complexity index is 1420. The molecule has 208 valence electrons. The van der Waals surface area contributed by atoms with E-state index >= 15 is 0 Å². The molecule has 1 N–H and O–H groups in total. The summed E-state index contributed by atoms with van der Waals surface area (Å²) in [5.74, 6) is -0.585. The number of likely N-dealkylation sites (tertiary alicyclic amines) is 1. The van der Waals surface area contributed by atoms with Gasteiger partial charge in [0, 0.05) is 42.9 Å². The topological polar surface area (TPSA) is 82.9 Å². The smallest absolute Gasteiger partial charge is 0.246 e. The highest BCUT2D eigenvalue weighted by Crippen LogP contribution is 2.50. The number of aryl methyl sites for hydroxylation is 2. The second-order valence-corrected chi connectivity index (χ2v) is 12.0. The predicted molar refractivity (Wildman–Crippen MR) is 155 cm³/mol. The number of nitrogens with one attached hydrogen (secondary N) is 1. The molecule has 3 aliphatic rings. The zero-order valence-electron chi connectivity index (χ0n) is 22.9. The van der Waals surface area contributed by atoms with Gasteiger partial charge in [0.15, 0.2) is 5.76 Å². The molecule has 4 atom stereocenters. The van der Waals surface area contributed by atoms with Crippen LogP contribution in [0.2, 0.25) is 0 Å². The van der Waals surface area contributed by atoms with Crippen molar-refractivity contribution in [1.82, 2.24) is 15.1 Å². The van der Waals surface area contributed by atoms with Gasteiger partial charge in [-0.15, -0.1) is 11.3 Å². The molecule has 2 amide bonds. The van der Waals surface area contributed by atoms with E-state index in [1.165, 1.54) is 0 Å². The van der Waals surface area contributed by atoms with E-state index in [1.807, 2.05) is 72.7 Å². The van der Waals surface area contributed by atoms with Crippen molar-refractivity contribution in [1.29, 1.82) is 0 Å². The lowest BCUT2D eigenvalue weighted by Gasteiger charge is -2.36. The van der Waals surface area contributed by atoms with Crippen LogP contribution in [0.15, 0.2) is 64.4 Å². The van der Waals surface area contributed by atoms with Crippen molar-refractivity contribution in [2.24, 2.45) is 11.8 Å². The van der Waals surface area contributed by atoms with Gasteiger partial charge in [-0.1, -0.05) is 42.5 Å². The highest BCUT2D eigenvalue weighted by atomic mass is 32.1. The van der Waals surface area contributed by atoms with Gasteiger partial charge in [0.25, 0.3) is 0 Å². The molecule has 1 saturated carbocycles. The van der Waals surface area contributed by atoms with E-state index in [2.05, 4.69) is 5.32 Å². The van der Waals surface area contributed by atoms with E-state index in [9.17, 15) is 14.4 Å². The standard InChI is InChI=1S/C32H35N3O4S/c1-20-14-19-40-30(20)27-26(29(36)25-13-8-21(2)39-25)24(12-9-22-6-4-3-5-7-22)35(31(37)23-10-11-23)28(27)32(38)34-17-15-33-16-18-34/h3-9,12-14,19,23-24,26-28,33H,10-11,15-18H2,1-2H3. The number of piperazine rings is 1. The number of Topliss-reactive ketones (excluding diaryl/α,β-unsaturated/α-hetero) is 1. The van der Waals surface area contributed by atoms with Crippen LogP contribution in [0.1, 0.15) is 51.1 Å². The maximum Gasteiger partial charge on any atom is 0.246 e. The zero-order valence-corrected chi connectivity index (χ0v) is 23.7. The molecule has 6 rings (SSSR count). The van der Waals surface area contributed by atoms with Gasteiger partial charge >= 0.3 is 0 Å². The Balaban J connectivity index is 1.52. The highest BCUT2D eigenvalue weighted by Gasteiger charge is 2.59. The molecule has 8 heteroatoms. The molecule has 2 aliphatic heterocycles. The summed E-state index contributed by atoms with van der Waals surface area (Å²) in [6, 6.07) is 14.1. The van der Waals surface area contributed by atoms with Crippen LogP contribution in [0.25, 0.3) is 6.08 Å². The van der Waals surface area contributed by atoms with E-state index in [4.69, 9.17) is 4.42 Å². The molecule has 3 aromatic rings. The molecule has 4 heterocycles. The fourth-order valence-electron chi connectivity index (χ4n) is 6.18. The molecule has 3 fully saturated rings. The quantitative estimate of drug-likeness (QED) is 0.427. The highest BCUT2D eigenvalue weighted by molar-refractivity contribution is 7.10. The minimum Gasteiger partial charge on any atom is -0.458 e. The number of hydrogen-bond donors (Lipinski definition) is 1. The van der Waals surface area contributed by atoms with Crippen LogP contribution >= 0.6 is 11.3 Å². The SMILES string of the molecule is Cc1ccc(C(=O)C2C(c3sccc3C)C(C(=O)N3CCNCC3)N(C(=O)C3CC3)C2C=Cc2ccccc2)o1. The minimum atomic E-state index is -0.765. The number of amides is 2. The van der Waals surface area contributed by atoms with Crippen molar-refractivity contribution >= 4 is 35.0 Å². The molecule has 2 aromatic heterocycles. The number of thiophene rings is 1. The molecular formula is C32H35N3O4S. The molecular weight excluding hydrogens is 522 g/mol. The van der Waals surface area contributed by atoms with E-state index in [-0.39, 0.29) is 29.3 Å². The molecule has 0 radical (unpaired) electrons. The fourth-order valence-corrected chi connectivity index (χ4v) is 7.28. The number of rotatable bonds is 7. The first-order valence-corrected chi connectivity index (χ1v) is 15.0. The monoisotopic (exact) mass is 557 g/mol. The van der Waals surface area contributed by atoms with Gasteiger partial charge in [-0.3, -0.25) is 14.4 Å². The zero-order chi connectivity index (χ0) is 27.8. The number of hydrogen-bond acceptors (Lipinski definition) is 6. The molecule has 1 aromatic carbocycles. The normalized spacial score (nSPS) is 25.1. The van der Waals surface area contributed by atoms with Gasteiger partial charge in [0.05, 0.1) is 12.0 Å². The Morgan fingerprint density at radius 2 is 1.73 bits per heavy atom. The summed E-state index contributed by atoms with van der Waals surface area (Å²) in [6.07, 6.45) is 5.58. The second kappa shape index (κ2) is 11.2. The maximum atomic E-state index is 14.5. The summed E-state index contributed by atoms with van der Waals surface area (Å²) >= 11 is 1.56. The Hall–Kier alpha value is -3.49. The molecule has 2 saturated heterocycles. The summed E-state index contributed by atoms with van der Waals surface area (Å²) in [4.78, 5) is 47.6. The van der Waals surface area contributed by atoms with Crippen LogP contribution in [-0.4, -0.2) is 65.7 Å². The summed E-state index contributed by atoms with van der Waals surface area (Å²) in [5, 5.41) is 5.33. The molecule has 40 heavy (non-hydrogen) atoms. The van der Waals surface area contributed by atoms with E-state index in [1.54, 1.807) is 28.4 Å². The van der Waals surface area contributed by atoms with Crippen molar-refractivity contribution < 1.29 is 18.8 Å². The third kappa shape index (κ3) is 5.06. The van der Waals surface area contributed by atoms with Crippen LogP contribution in [0.4, 0.5) is 0 Å². The third-order valence-corrected chi connectivity index (χ3v) is 9.47. The Labute approximate surface area is 238 Å². The minimum absolute atomic E-state index is 0.0265. The Morgan fingerprint density at radius 1 is 0.975 bits per heavy atom. The number of carbonyl (C=O) groups excluding carboxylic acids is 3. The first-order valence-electron chi connectivity index (χ1n) is 14.1. The summed E-state index contributed by atoms with van der Waals surface area (Å²) in [5.41, 5.74) is 2.01. The van der Waals surface area contributed by atoms with Gasteiger partial charge in [-0.2, -0.15) is 0 Å². The summed E-state index contributed by atoms with van der Waals surface area (Å²) < 4.78 is 5.86. The predicted octanol–water partition coefficient (Wildman–Crippen LogP) is 4.68. The van der Waals surface area contributed by atoms with Gasteiger partial charge in [-0.05, 0) is 61.4 Å². The van der Waals surface area contributed by atoms with Crippen LogP contribution < -0.4 is 5.32 Å². The van der Waals surface area contributed by atoms with Gasteiger partial charge < -0.3 is 19.5 Å². The van der Waals surface area contributed by atoms with Gasteiger partial charge in [-0.25, -0.2) is 0 Å². The fraction of sp³-hybridized carbons (Fsp3) is 0.406. The van der Waals surface area contributed by atoms with Crippen molar-refractivity contribution in [3.8, 4) is 0 Å². The number of carbonyl (C=O) groups is 3. The molecule has 7 nitrogen and oxygen atoms in total. The lowest BCUT2D eigenvalue weighted by atomic mass is 9.80.